The zero-order valence-corrected chi connectivity index (χ0v) is 19.1. The summed E-state index contributed by atoms with van der Waals surface area (Å²) >= 11 is 6.01. The number of carbonyl (C=O) groups excluding carboxylic acids is 2. The van der Waals surface area contributed by atoms with Gasteiger partial charge in [0.1, 0.15) is 17.4 Å². The Labute approximate surface area is 204 Å². The summed E-state index contributed by atoms with van der Waals surface area (Å²) in [6.45, 7) is 2.06. The van der Waals surface area contributed by atoms with Crippen molar-refractivity contribution in [2.24, 2.45) is 0 Å². The summed E-state index contributed by atoms with van der Waals surface area (Å²) in [6, 6.07) is 13.0. The summed E-state index contributed by atoms with van der Waals surface area (Å²) in [7, 11) is 0. The number of benzene rings is 2. The molecule has 0 aliphatic heterocycles. The topological polar surface area (TPSA) is 145 Å². The van der Waals surface area contributed by atoms with Gasteiger partial charge >= 0.3 is 5.97 Å². The second-order valence-electron chi connectivity index (χ2n) is 6.88. The Morgan fingerprint density at radius 1 is 1.23 bits per heavy atom. The van der Waals surface area contributed by atoms with E-state index in [4.69, 9.17) is 25.5 Å². The van der Waals surface area contributed by atoms with Crippen LogP contribution in [0.1, 0.15) is 28.6 Å². The summed E-state index contributed by atoms with van der Waals surface area (Å²) in [4.78, 5) is 35.3. The van der Waals surface area contributed by atoms with Crippen LogP contribution >= 0.6 is 11.6 Å². The van der Waals surface area contributed by atoms with Gasteiger partial charge in [0.15, 0.2) is 11.5 Å². The second kappa shape index (κ2) is 11.5. The van der Waals surface area contributed by atoms with E-state index in [1.807, 2.05) is 6.07 Å². The molecular weight excluding hydrogens is 478 g/mol. The lowest BCUT2D eigenvalue weighted by Crippen LogP contribution is -2.23. The van der Waals surface area contributed by atoms with E-state index in [1.165, 1.54) is 42.7 Å². The molecule has 0 saturated heterocycles. The molecule has 2 aromatic carbocycles. The lowest BCUT2D eigenvalue weighted by atomic mass is 10.1. The molecule has 3 rings (SSSR count). The summed E-state index contributed by atoms with van der Waals surface area (Å²) in [5.74, 6) is -0.804. The molecule has 35 heavy (non-hydrogen) atoms. The van der Waals surface area contributed by atoms with Crippen LogP contribution in [0.5, 0.6) is 11.5 Å². The number of halogens is 1. The lowest BCUT2D eigenvalue weighted by Gasteiger charge is -2.12. The SMILES string of the molecule is CCOc1cc(/C=C(\C#N)C(=O)NCc2ccco2)ccc1OC(=O)c1cc([N+](=O)[O-])ccc1Cl. The van der Waals surface area contributed by atoms with Gasteiger partial charge in [0.25, 0.3) is 11.6 Å². The molecule has 10 nitrogen and oxygen atoms in total. The normalized spacial score (nSPS) is 10.8. The molecule has 0 fully saturated rings. The highest BCUT2D eigenvalue weighted by atomic mass is 35.5. The number of carbonyl (C=O) groups is 2. The van der Waals surface area contributed by atoms with Gasteiger partial charge in [0.05, 0.1) is 34.9 Å². The van der Waals surface area contributed by atoms with Crippen molar-refractivity contribution in [1.29, 1.82) is 5.26 Å². The number of nitrogens with one attached hydrogen (secondary N) is 1. The number of esters is 1. The standard InChI is InChI=1S/C24H18ClN3O7/c1-2-33-22-11-15(10-16(13-26)23(29)27-14-18-4-3-9-34-18)5-8-21(22)35-24(30)19-12-17(28(31)32)6-7-20(19)25/h3-12H,2,14H2,1H3,(H,27,29)/b16-10+. The fraction of sp³-hybridized carbons (Fsp3) is 0.125. The van der Waals surface area contributed by atoms with Gasteiger partial charge in [-0.15, -0.1) is 0 Å². The van der Waals surface area contributed by atoms with Crippen LogP contribution in [-0.2, 0) is 11.3 Å². The molecule has 0 atom stereocenters. The molecule has 0 aliphatic carbocycles. The zero-order chi connectivity index (χ0) is 25.4. The molecule has 178 valence electrons. The molecule has 0 saturated carbocycles. The Kier molecular flexibility index (Phi) is 8.21. The highest BCUT2D eigenvalue weighted by molar-refractivity contribution is 6.33. The Bertz CT molecular complexity index is 1330. The molecule has 0 spiro atoms. The number of non-ortho nitro benzene ring substituents is 1. The van der Waals surface area contributed by atoms with Crippen molar-refractivity contribution >= 4 is 35.2 Å². The van der Waals surface area contributed by atoms with Crippen LogP contribution in [0.2, 0.25) is 5.02 Å². The fourth-order valence-corrected chi connectivity index (χ4v) is 3.09. The first kappa shape index (κ1) is 25.0. The quantitative estimate of drug-likeness (QED) is 0.112. The Balaban J connectivity index is 1.82. The van der Waals surface area contributed by atoms with Gasteiger partial charge in [-0.25, -0.2) is 4.79 Å². The van der Waals surface area contributed by atoms with Crippen molar-refractivity contribution in [2.45, 2.75) is 13.5 Å². The predicted molar refractivity (Wildman–Crippen MR) is 125 cm³/mol. The first-order chi connectivity index (χ1) is 16.8. The summed E-state index contributed by atoms with van der Waals surface area (Å²) in [5, 5.41) is 23.0. The summed E-state index contributed by atoms with van der Waals surface area (Å²) in [6.07, 6.45) is 2.82. The van der Waals surface area contributed by atoms with E-state index >= 15 is 0 Å². The average Bonchev–Trinajstić information content (AvgIpc) is 3.36. The minimum Gasteiger partial charge on any atom is -0.490 e. The van der Waals surface area contributed by atoms with Crippen LogP contribution in [0.25, 0.3) is 6.08 Å². The van der Waals surface area contributed by atoms with Crippen molar-refractivity contribution in [1.82, 2.24) is 5.32 Å². The van der Waals surface area contributed by atoms with Gasteiger partial charge in [-0.3, -0.25) is 14.9 Å². The number of nitro groups is 1. The molecule has 0 bridgehead atoms. The number of ether oxygens (including phenoxy) is 2. The molecule has 1 heterocycles. The molecule has 1 amide bonds. The maximum absolute atomic E-state index is 12.6. The first-order valence-electron chi connectivity index (χ1n) is 10.2. The molecule has 0 unspecified atom stereocenters. The van der Waals surface area contributed by atoms with Crippen LogP contribution in [0, 0.1) is 21.4 Å². The minimum atomic E-state index is -0.919. The Hall–Kier alpha value is -4.62. The largest absolute Gasteiger partial charge is 0.490 e. The molecule has 0 aliphatic rings. The van der Waals surface area contributed by atoms with E-state index < -0.39 is 16.8 Å². The van der Waals surface area contributed by atoms with Crippen molar-refractivity contribution in [3.63, 3.8) is 0 Å². The predicted octanol–water partition coefficient (Wildman–Crippen LogP) is 4.68. The summed E-state index contributed by atoms with van der Waals surface area (Å²) in [5.41, 5.74) is -0.230. The van der Waals surface area contributed by atoms with Crippen LogP contribution in [0.15, 0.2) is 64.8 Å². The van der Waals surface area contributed by atoms with Gasteiger partial charge < -0.3 is 19.2 Å². The van der Waals surface area contributed by atoms with Gasteiger partial charge in [0, 0.05) is 12.1 Å². The van der Waals surface area contributed by atoms with E-state index in [2.05, 4.69) is 5.32 Å². The number of rotatable bonds is 9. The highest BCUT2D eigenvalue weighted by Gasteiger charge is 2.20. The number of nitriles is 1. The highest BCUT2D eigenvalue weighted by Crippen LogP contribution is 2.31. The van der Waals surface area contributed by atoms with Crippen molar-refractivity contribution < 1.29 is 28.4 Å². The monoisotopic (exact) mass is 495 g/mol. The van der Waals surface area contributed by atoms with E-state index in [9.17, 15) is 25.0 Å². The van der Waals surface area contributed by atoms with Crippen molar-refractivity contribution in [3.05, 3.63) is 92.4 Å². The zero-order valence-electron chi connectivity index (χ0n) is 18.3. The average molecular weight is 496 g/mol. The molecule has 1 aromatic heterocycles. The van der Waals surface area contributed by atoms with Crippen LogP contribution in [0.4, 0.5) is 5.69 Å². The lowest BCUT2D eigenvalue weighted by molar-refractivity contribution is -0.384. The number of nitrogens with zero attached hydrogens (tertiary/aromatic N) is 2. The molecule has 11 heteroatoms. The third kappa shape index (κ3) is 6.46. The van der Waals surface area contributed by atoms with Crippen LogP contribution in [0.3, 0.4) is 0 Å². The molecular formula is C24H18ClN3O7. The fourth-order valence-electron chi connectivity index (χ4n) is 2.90. The number of nitro benzene ring substituents is 1. The number of furan rings is 1. The summed E-state index contributed by atoms with van der Waals surface area (Å²) < 4.78 is 16.0. The molecule has 3 aromatic rings. The van der Waals surface area contributed by atoms with Gasteiger partial charge in [-0.1, -0.05) is 17.7 Å². The van der Waals surface area contributed by atoms with E-state index in [0.29, 0.717) is 11.3 Å². The Morgan fingerprint density at radius 2 is 2.03 bits per heavy atom. The Morgan fingerprint density at radius 3 is 2.69 bits per heavy atom. The number of hydrogen-bond acceptors (Lipinski definition) is 8. The number of hydrogen-bond donors (Lipinski definition) is 1. The van der Waals surface area contributed by atoms with Gasteiger partial charge in [-0.2, -0.15) is 5.26 Å². The van der Waals surface area contributed by atoms with Gasteiger partial charge in [-0.05, 0) is 48.9 Å². The third-order valence-electron chi connectivity index (χ3n) is 4.53. The van der Waals surface area contributed by atoms with E-state index in [0.717, 1.165) is 6.07 Å². The smallest absolute Gasteiger partial charge is 0.345 e. The van der Waals surface area contributed by atoms with E-state index in [1.54, 1.807) is 19.1 Å². The van der Waals surface area contributed by atoms with Crippen LogP contribution < -0.4 is 14.8 Å². The number of amides is 1. The van der Waals surface area contributed by atoms with E-state index in [-0.39, 0.29) is 46.5 Å². The first-order valence-corrected chi connectivity index (χ1v) is 10.6. The second-order valence-corrected chi connectivity index (χ2v) is 7.29. The van der Waals surface area contributed by atoms with Crippen molar-refractivity contribution in [3.8, 4) is 17.6 Å². The van der Waals surface area contributed by atoms with Crippen molar-refractivity contribution in [2.75, 3.05) is 6.61 Å². The molecule has 0 radical (unpaired) electrons. The van der Waals surface area contributed by atoms with Gasteiger partial charge in [0.2, 0.25) is 0 Å². The van der Waals surface area contributed by atoms with Crippen LogP contribution in [-0.4, -0.2) is 23.4 Å². The maximum Gasteiger partial charge on any atom is 0.345 e. The molecule has 1 N–H and O–H groups in total. The third-order valence-corrected chi connectivity index (χ3v) is 4.86. The minimum absolute atomic E-state index is 0.0164. The maximum atomic E-state index is 12.6.